The van der Waals surface area contributed by atoms with E-state index in [0.717, 1.165) is 11.3 Å². The zero-order valence-electron chi connectivity index (χ0n) is 16.8. The van der Waals surface area contributed by atoms with E-state index in [4.69, 9.17) is 4.74 Å². The summed E-state index contributed by atoms with van der Waals surface area (Å²) >= 11 is 0. The van der Waals surface area contributed by atoms with E-state index in [9.17, 15) is 0 Å². The number of benzene rings is 2. The molecule has 0 unspecified atom stereocenters. The Morgan fingerprint density at radius 3 is 2.22 bits per heavy atom. The van der Waals surface area contributed by atoms with E-state index in [1.165, 1.54) is 56.1 Å². The van der Waals surface area contributed by atoms with Crippen LogP contribution in [-0.4, -0.2) is 6.61 Å². The molecule has 1 aliphatic carbocycles. The van der Waals surface area contributed by atoms with Gasteiger partial charge in [0.05, 0.1) is 6.61 Å². The van der Waals surface area contributed by atoms with Crippen molar-refractivity contribution in [3.8, 4) is 17.6 Å². The Labute approximate surface area is 165 Å². The third-order valence-corrected chi connectivity index (χ3v) is 5.58. The molecule has 27 heavy (non-hydrogen) atoms. The number of hydrogen-bond donors (Lipinski definition) is 0. The second kappa shape index (κ2) is 10.2. The molecular weight excluding hydrogens is 328 g/mol. The van der Waals surface area contributed by atoms with Crippen molar-refractivity contribution in [3.63, 3.8) is 0 Å². The topological polar surface area (TPSA) is 9.23 Å². The van der Waals surface area contributed by atoms with E-state index >= 15 is 0 Å². The molecule has 0 amide bonds. The lowest BCUT2D eigenvalue weighted by Gasteiger charge is -2.26. The van der Waals surface area contributed by atoms with Gasteiger partial charge in [-0.05, 0) is 86.8 Å². The molecule has 142 valence electrons. The normalized spacial score (nSPS) is 19.2. The molecular formula is C26H32O. The van der Waals surface area contributed by atoms with Crippen LogP contribution >= 0.6 is 0 Å². The van der Waals surface area contributed by atoms with Crippen LogP contribution < -0.4 is 4.74 Å². The molecule has 0 spiro atoms. The second-order valence-electron chi connectivity index (χ2n) is 7.62. The minimum Gasteiger partial charge on any atom is -0.494 e. The highest BCUT2D eigenvalue weighted by molar-refractivity contribution is 5.38. The lowest BCUT2D eigenvalue weighted by molar-refractivity contribution is 0.340. The Hall–Kier alpha value is -2.20. The first-order valence-corrected chi connectivity index (χ1v) is 10.6. The second-order valence-corrected chi connectivity index (χ2v) is 7.62. The van der Waals surface area contributed by atoms with Gasteiger partial charge >= 0.3 is 0 Å². The lowest BCUT2D eigenvalue weighted by atomic mass is 9.78. The van der Waals surface area contributed by atoms with Crippen molar-refractivity contribution in [2.45, 2.75) is 64.7 Å². The predicted octanol–water partition coefficient (Wildman–Crippen LogP) is 6.75. The lowest BCUT2D eigenvalue weighted by Crippen LogP contribution is -2.12. The molecule has 3 rings (SSSR count). The minimum absolute atomic E-state index is 0.539. The predicted molar refractivity (Wildman–Crippen MR) is 114 cm³/mol. The standard InChI is InChI=1S/C26H32O/c1-3-5-6-21-9-15-24(16-10-21)25-17-11-22(12-18-25)7-8-23-13-19-26(20-14-23)27-4-2/h9-10,13-16,19-20,22,25H,3-6,11-12,17-18H2,1-2H3. The number of rotatable bonds is 6. The zero-order valence-corrected chi connectivity index (χ0v) is 16.8. The molecule has 0 aliphatic heterocycles. The third kappa shape index (κ3) is 5.90. The molecule has 2 aromatic rings. The first-order valence-electron chi connectivity index (χ1n) is 10.6. The van der Waals surface area contributed by atoms with E-state index in [1.54, 1.807) is 0 Å². The zero-order chi connectivity index (χ0) is 18.9. The quantitative estimate of drug-likeness (QED) is 0.517. The number of hydrogen-bond acceptors (Lipinski definition) is 1. The maximum atomic E-state index is 5.49. The molecule has 1 nitrogen and oxygen atoms in total. The monoisotopic (exact) mass is 360 g/mol. The smallest absolute Gasteiger partial charge is 0.119 e. The Morgan fingerprint density at radius 2 is 1.59 bits per heavy atom. The Bertz CT molecular complexity index is 738. The van der Waals surface area contributed by atoms with Gasteiger partial charge in [-0.1, -0.05) is 49.5 Å². The third-order valence-electron chi connectivity index (χ3n) is 5.58. The van der Waals surface area contributed by atoms with E-state index in [0.29, 0.717) is 18.4 Å². The van der Waals surface area contributed by atoms with Crippen molar-refractivity contribution in [3.05, 3.63) is 65.2 Å². The highest BCUT2D eigenvalue weighted by Gasteiger charge is 2.21. The largest absolute Gasteiger partial charge is 0.494 e. The molecule has 0 aromatic heterocycles. The molecule has 0 atom stereocenters. The van der Waals surface area contributed by atoms with E-state index < -0.39 is 0 Å². The fourth-order valence-corrected chi connectivity index (χ4v) is 3.90. The average Bonchev–Trinajstić information content (AvgIpc) is 2.73. The molecule has 2 aromatic carbocycles. The van der Waals surface area contributed by atoms with E-state index in [-0.39, 0.29) is 0 Å². The molecule has 1 fully saturated rings. The van der Waals surface area contributed by atoms with Gasteiger partial charge in [0.2, 0.25) is 0 Å². The number of unbranched alkanes of at least 4 members (excludes halogenated alkanes) is 1. The number of aryl methyl sites for hydroxylation is 1. The fourth-order valence-electron chi connectivity index (χ4n) is 3.90. The van der Waals surface area contributed by atoms with Gasteiger partial charge in [0, 0.05) is 11.5 Å². The fraction of sp³-hybridized carbons (Fsp3) is 0.462. The molecule has 0 saturated heterocycles. The maximum absolute atomic E-state index is 5.49. The van der Waals surface area contributed by atoms with Crippen LogP contribution in [0.1, 0.15) is 75.0 Å². The van der Waals surface area contributed by atoms with Crippen molar-refractivity contribution >= 4 is 0 Å². The summed E-state index contributed by atoms with van der Waals surface area (Å²) < 4.78 is 5.49. The van der Waals surface area contributed by atoms with Crippen molar-refractivity contribution in [1.29, 1.82) is 0 Å². The van der Waals surface area contributed by atoms with Gasteiger partial charge in [0.1, 0.15) is 5.75 Å². The van der Waals surface area contributed by atoms with Gasteiger partial charge in [-0.3, -0.25) is 0 Å². The molecule has 0 heterocycles. The summed E-state index contributed by atoms with van der Waals surface area (Å²) in [5, 5.41) is 0. The SMILES string of the molecule is CCCCc1ccc(C2CCC(C#Cc3ccc(OCC)cc3)CC2)cc1. The molecule has 0 bridgehead atoms. The van der Waals surface area contributed by atoms with Crippen LogP contribution in [-0.2, 0) is 6.42 Å². The van der Waals surface area contributed by atoms with Crippen LogP contribution in [0.5, 0.6) is 5.75 Å². The van der Waals surface area contributed by atoms with Gasteiger partial charge < -0.3 is 4.74 Å². The molecule has 0 radical (unpaired) electrons. The summed E-state index contributed by atoms with van der Waals surface area (Å²) in [6.07, 6.45) is 8.72. The maximum Gasteiger partial charge on any atom is 0.119 e. The first-order chi connectivity index (χ1) is 13.3. The van der Waals surface area contributed by atoms with E-state index in [1.807, 2.05) is 19.1 Å². The van der Waals surface area contributed by atoms with Crippen molar-refractivity contribution < 1.29 is 4.74 Å². The van der Waals surface area contributed by atoms with Gasteiger partial charge in [0.25, 0.3) is 0 Å². The Morgan fingerprint density at radius 1 is 0.889 bits per heavy atom. The molecule has 1 saturated carbocycles. The summed E-state index contributed by atoms with van der Waals surface area (Å²) in [7, 11) is 0. The van der Waals surface area contributed by atoms with Crippen LogP contribution in [0.15, 0.2) is 48.5 Å². The van der Waals surface area contributed by atoms with Gasteiger partial charge in [0.15, 0.2) is 0 Å². The van der Waals surface area contributed by atoms with Gasteiger partial charge in [-0.25, -0.2) is 0 Å². The van der Waals surface area contributed by atoms with E-state index in [2.05, 4.69) is 55.2 Å². The summed E-state index contributed by atoms with van der Waals surface area (Å²) in [5.74, 6) is 9.04. The molecule has 1 aliphatic rings. The Balaban J connectivity index is 1.50. The summed E-state index contributed by atoms with van der Waals surface area (Å²) in [6, 6.07) is 17.5. The highest BCUT2D eigenvalue weighted by atomic mass is 16.5. The summed E-state index contributed by atoms with van der Waals surface area (Å²) in [4.78, 5) is 0. The molecule has 1 heteroatoms. The van der Waals surface area contributed by atoms with Crippen molar-refractivity contribution in [2.24, 2.45) is 5.92 Å². The number of ether oxygens (including phenoxy) is 1. The van der Waals surface area contributed by atoms with Gasteiger partial charge in [-0.2, -0.15) is 0 Å². The Kier molecular flexibility index (Phi) is 7.40. The van der Waals surface area contributed by atoms with Crippen LogP contribution in [0.3, 0.4) is 0 Å². The summed E-state index contributed by atoms with van der Waals surface area (Å²) in [5.41, 5.74) is 4.09. The van der Waals surface area contributed by atoms with Crippen LogP contribution in [0.4, 0.5) is 0 Å². The van der Waals surface area contributed by atoms with Crippen molar-refractivity contribution in [1.82, 2.24) is 0 Å². The average molecular weight is 361 g/mol. The van der Waals surface area contributed by atoms with Gasteiger partial charge in [-0.15, -0.1) is 0 Å². The first kappa shape index (κ1) is 19.6. The van der Waals surface area contributed by atoms with Crippen LogP contribution in [0.25, 0.3) is 0 Å². The van der Waals surface area contributed by atoms with Crippen LogP contribution in [0, 0.1) is 17.8 Å². The van der Waals surface area contributed by atoms with Crippen molar-refractivity contribution in [2.75, 3.05) is 6.61 Å². The highest BCUT2D eigenvalue weighted by Crippen LogP contribution is 2.35. The minimum atomic E-state index is 0.539. The van der Waals surface area contributed by atoms with Crippen LogP contribution in [0.2, 0.25) is 0 Å². The summed E-state index contributed by atoms with van der Waals surface area (Å²) in [6.45, 7) is 4.96. The molecule has 0 N–H and O–H groups in total.